The highest BCUT2D eigenvalue weighted by Crippen LogP contribution is 2.15. The maximum Gasteiger partial charge on any atom is 0.227 e. The van der Waals surface area contributed by atoms with Gasteiger partial charge in [-0.3, -0.25) is 9.78 Å². The van der Waals surface area contributed by atoms with Gasteiger partial charge >= 0.3 is 0 Å². The number of Topliss-reactive ketones (excluding diaryl/α,β-unsaturated/α-hetero) is 1. The van der Waals surface area contributed by atoms with Crippen LogP contribution in [0.15, 0.2) is 30.2 Å². The second-order valence-corrected chi connectivity index (χ2v) is 3.57. The van der Waals surface area contributed by atoms with Gasteiger partial charge in [0.05, 0.1) is 6.61 Å². The van der Waals surface area contributed by atoms with E-state index in [1.807, 2.05) is 13.0 Å². The SMILES string of the molecule is Cc1cc(C(=O)C2=CCCCO2)ccn1. The second-order valence-electron chi connectivity index (χ2n) is 3.57. The second kappa shape index (κ2) is 4.26. The molecule has 0 unspecified atom stereocenters. The minimum atomic E-state index is -0.0415. The quantitative estimate of drug-likeness (QED) is 0.692. The van der Waals surface area contributed by atoms with Gasteiger partial charge in [-0.05, 0) is 38.0 Å². The lowest BCUT2D eigenvalue weighted by Crippen LogP contribution is -2.11. The van der Waals surface area contributed by atoms with Crippen molar-refractivity contribution in [1.82, 2.24) is 4.98 Å². The molecule has 15 heavy (non-hydrogen) atoms. The van der Waals surface area contributed by atoms with Gasteiger partial charge in [-0.2, -0.15) is 0 Å². The minimum absolute atomic E-state index is 0.0415. The maximum absolute atomic E-state index is 11.9. The van der Waals surface area contributed by atoms with Crippen LogP contribution < -0.4 is 0 Å². The van der Waals surface area contributed by atoms with Crippen molar-refractivity contribution in [3.05, 3.63) is 41.4 Å². The Balaban J connectivity index is 2.24. The van der Waals surface area contributed by atoms with E-state index >= 15 is 0 Å². The van der Waals surface area contributed by atoms with Crippen LogP contribution in [0.5, 0.6) is 0 Å². The Bertz CT molecular complexity index is 410. The molecule has 0 spiro atoms. The molecule has 0 aromatic carbocycles. The standard InChI is InChI=1S/C12H13NO2/c1-9-8-10(5-6-13-9)12(14)11-4-2-3-7-15-11/h4-6,8H,2-3,7H2,1H3. The molecule has 2 rings (SSSR count). The van der Waals surface area contributed by atoms with Gasteiger partial charge < -0.3 is 4.74 Å². The zero-order chi connectivity index (χ0) is 10.7. The molecule has 0 atom stereocenters. The first kappa shape index (κ1) is 9.90. The highest BCUT2D eigenvalue weighted by molar-refractivity contribution is 6.07. The van der Waals surface area contributed by atoms with Crippen LogP contribution in [0.2, 0.25) is 0 Å². The molecule has 78 valence electrons. The van der Waals surface area contributed by atoms with E-state index < -0.39 is 0 Å². The average molecular weight is 203 g/mol. The molecule has 0 saturated carbocycles. The van der Waals surface area contributed by atoms with Crippen LogP contribution in [-0.2, 0) is 4.74 Å². The monoisotopic (exact) mass is 203 g/mol. The molecular formula is C12H13NO2. The highest BCUT2D eigenvalue weighted by Gasteiger charge is 2.15. The van der Waals surface area contributed by atoms with Crippen LogP contribution in [0.25, 0.3) is 0 Å². The van der Waals surface area contributed by atoms with E-state index in [0.29, 0.717) is 17.9 Å². The van der Waals surface area contributed by atoms with Crippen LogP contribution in [0.1, 0.15) is 28.9 Å². The number of ketones is 1. The van der Waals surface area contributed by atoms with Crippen molar-refractivity contribution < 1.29 is 9.53 Å². The number of pyridine rings is 1. The Hall–Kier alpha value is -1.64. The molecule has 0 saturated heterocycles. The third-order valence-corrected chi connectivity index (χ3v) is 2.32. The first-order valence-electron chi connectivity index (χ1n) is 5.08. The molecule has 2 heterocycles. The number of allylic oxidation sites excluding steroid dienone is 2. The molecule has 1 aromatic rings. The van der Waals surface area contributed by atoms with Crippen molar-refractivity contribution >= 4 is 5.78 Å². The molecule has 1 aliphatic rings. The summed E-state index contributed by atoms with van der Waals surface area (Å²) in [4.78, 5) is 16.0. The summed E-state index contributed by atoms with van der Waals surface area (Å²) in [5.74, 6) is 0.437. The van der Waals surface area contributed by atoms with Crippen LogP contribution in [-0.4, -0.2) is 17.4 Å². The summed E-state index contributed by atoms with van der Waals surface area (Å²) in [5.41, 5.74) is 1.49. The number of carbonyl (C=O) groups excluding carboxylic acids is 1. The molecule has 0 fully saturated rings. The Morgan fingerprint density at radius 2 is 2.40 bits per heavy atom. The van der Waals surface area contributed by atoms with Crippen molar-refractivity contribution in [2.24, 2.45) is 0 Å². The molecule has 0 radical (unpaired) electrons. The summed E-state index contributed by atoms with van der Waals surface area (Å²) in [6.45, 7) is 2.51. The highest BCUT2D eigenvalue weighted by atomic mass is 16.5. The number of aryl methyl sites for hydroxylation is 1. The Labute approximate surface area is 88.8 Å². The van der Waals surface area contributed by atoms with E-state index in [1.165, 1.54) is 0 Å². The summed E-state index contributed by atoms with van der Waals surface area (Å²) >= 11 is 0. The molecule has 0 amide bonds. The van der Waals surface area contributed by atoms with Gasteiger partial charge in [-0.25, -0.2) is 0 Å². The molecule has 0 N–H and O–H groups in total. The number of nitrogens with zero attached hydrogens (tertiary/aromatic N) is 1. The fourth-order valence-electron chi connectivity index (χ4n) is 1.54. The van der Waals surface area contributed by atoms with E-state index in [9.17, 15) is 4.79 Å². The van der Waals surface area contributed by atoms with Gasteiger partial charge in [0.1, 0.15) is 0 Å². The Kier molecular flexibility index (Phi) is 2.81. The van der Waals surface area contributed by atoms with Crippen molar-refractivity contribution in [2.75, 3.05) is 6.61 Å². The van der Waals surface area contributed by atoms with Gasteiger partial charge in [-0.15, -0.1) is 0 Å². The zero-order valence-corrected chi connectivity index (χ0v) is 8.69. The smallest absolute Gasteiger partial charge is 0.227 e. The summed E-state index contributed by atoms with van der Waals surface area (Å²) in [6, 6.07) is 3.50. The number of hydrogen-bond acceptors (Lipinski definition) is 3. The van der Waals surface area contributed by atoms with Gasteiger partial charge in [0, 0.05) is 17.5 Å². The topological polar surface area (TPSA) is 39.2 Å². The molecule has 0 aliphatic carbocycles. The van der Waals surface area contributed by atoms with Crippen LogP contribution in [0.4, 0.5) is 0 Å². The zero-order valence-electron chi connectivity index (χ0n) is 8.69. The van der Waals surface area contributed by atoms with Crippen LogP contribution in [0, 0.1) is 6.92 Å². The summed E-state index contributed by atoms with van der Waals surface area (Å²) < 4.78 is 5.33. The van der Waals surface area contributed by atoms with Crippen molar-refractivity contribution in [3.8, 4) is 0 Å². The molecule has 3 nitrogen and oxygen atoms in total. The molecule has 0 bridgehead atoms. The fourth-order valence-corrected chi connectivity index (χ4v) is 1.54. The maximum atomic E-state index is 11.9. The normalized spacial score (nSPS) is 15.4. The molecule has 1 aliphatic heterocycles. The third-order valence-electron chi connectivity index (χ3n) is 2.32. The summed E-state index contributed by atoms with van der Waals surface area (Å²) in [5, 5.41) is 0. The van der Waals surface area contributed by atoms with Gasteiger partial charge in [0.25, 0.3) is 0 Å². The van der Waals surface area contributed by atoms with E-state index in [4.69, 9.17) is 4.74 Å². The average Bonchev–Trinajstić information content (AvgIpc) is 2.29. The first-order chi connectivity index (χ1) is 7.27. The number of ether oxygens (including phenoxy) is 1. The number of rotatable bonds is 2. The summed E-state index contributed by atoms with van der Waals surface area (Å²) in [7, 11) is 0. The number of carbonyl (C=O) groups is 1. The van der Waals surface area contributed by atoms with Crippen LogP contribution in [0.3, 0.4) is 0 Å². The minimum Gasteiger partial charge on any atom is -0.490 e. The van der Waals surface area contributed by atoms with E-state index in [0.717, 1.165) is 18.5 Å². The van der Waals surface area contributed by atoms with Crippen molar-refractivity contribution in [2.45, 2.75) is 19.8 Å². The lowest BCUT2D eigenvalue weighted by Gasteiger charge is -2.13. The largest absolute Gasteiger partial charge is 0.490 e. The van der Waals surface area contributed by atoms with Crippen LogP contribution >= 0.6 is 0 Å². The molecular weight excluding hydrogens is 190 g/mol. The lowest BCUT2D eigenvalue weighted by atomic mass is 10.1. The summed E-state index contributed by atoms with van der Waals surface area (Å²) in [6.07, 6.45) is 5.42. The predicted octanol–water partition coefficient (Wildman–Crippen LogP) is 2.27. The Morgan fingerprint density at radius 3 is 3.07 bits per heavy atom. The predicted molar refractivity (Wildman–Crippen MR) is 56.6 cm³/mol. The number of aromatic nitrogens is 1. The van der Waals surface area contributed by atoms with E-state index in [-0.39, 0.29) is 5.78 Å². The van der Waals surface area contributed by atoms with Crippen molar-refractivity contribution in [1.29, 1.82) is 0 Å². The van der Waals surface area contributed by atoms with E-state index in [2.05, 4.69) is 4.98 Å². The van der Waals surface area contributed by atoms with Crippen molar-refractivity contribution in [3.63, 3.8) is 0 Å². The van der Waals surface area contributed by atoms with Gasteiger partial charge in [-0.1, -0.05) is 0 Å². The van der Waals surface area contributed by atoms with Gasteiger partial charge in [0.2, 0.25) is 5.78 Å². The Morgan fingerprint density at radius 1 is 1.53 bits per heavy atom. The fraction of sp³-hybridized carbons (Fsp3) is 0.333. The number of hydrogen-bond donors (Lipinski definition) is 0. The first-order valence-corrected chi connectivity index (χ1v) is 5.08. The van der Waals surface area contributed by atoms with Gasteiger partial charge in [0.15, 0.2) is 5.76 Å². The molecule has 3 heteroatoms. The molecule has 1 aromatic heterocycles. The lowest BCUT2D eigenvalue weighted by molar-refractivity contribution is 0.0899. The third kappa shape index (κ3) is 2.24. The van der Waals surface area contributed by atoms with E-state index in [1.54, 1.807) is 18.3 Å².